The zero-order chi connectivity index (χ0) is 28.4. The van der Waals surface area contributed by atoms with Crippen molar-refractivity contribution in [3.63, 3.8) is 0 Å². The second kappa shape index (κ2) is 11.5. The summed E-state index contributed by atoms with van der Waals surface area (Å²) in [5, 5.41) is 2.56. The molecule has 0 spiro atoms. The molecule has 1 aliphatic carbocycles. The number of aryl methyl sites for hydroxylation is 1. The van der Waals surface area contributed by atoms with Gasteiger partial charge in [0.15, 0.2) is 5.78 Å². The molecule has 0 aromatic heterocycles. The van der Waals surface area contributed by atoms with Crippen molar-refractivity contribution in [2.45, 2.75) is 72.0 Å². The lowest BCUT2D eigenvalue weighted by molar-refractivity contribution is 0.0520. The van der Waals surface area contributed by atoms with Gasteiger partial charge in [0.05, 0.1) is 17.9 Å². The quantitative estimate of drug-likeness (QED) is 0.294. The minimum Gasteiger partial charge on any atom is -0.542 e. The first kappa shape index (κ1) is 29.0. The summed E-state index contributed by atoms with van der Waals surface area (Å²) >= 11 is 0. The Morgan fingerprint density at radius 2 is 1.53 bits per heavy atom. The van der Waals surface area contributed by atoms with Crippen LogP contribution in [0.4, 0.5) is 0 Å². The van der Waals surface area contributed by atoms with Crippen LogP contribution in [0.2, 0.25) is 16.6 Å². The van der Waals surface area contributed by atoms with Crippen LogP contribution < -0.4 is 9.74 Å². The van der Waals surface area contributed by atoms with Gasteiger partial charge in [0.25, 0.3) is 14.2 Å². The first-order valence-electron chi connectivity index (χ1n) is 13.1. The van der Waals surface area contributed by atoms with Gasteiger partial charge in [-0.15, -0.1) is 0 Å². The van der Waals surface area contributed by atoms with Crippen LogP contribution >= 0.6 is 0 Å². The number of hydrogen-bond donors (Lipinski definition) is 1. The van der Waals surface area contributed by atoms with Gasteiger partial charge in [-0.05, 0) is 54.2 Å². The van der Waals surface area contributed by atoms with Gasteiger partial charge in [-0.2, -0.15) is 0 Å². The molecule has 7 nitrogen and oxygen atoms in total. The molecule has 2 aromatic carbocycles. The highest BCUT2D eigenvalue weighted by atomic mass is 28.4. The Labute approximate surface area is 225 Å². The van der Waals surface area contributed by atoms with E-state index in [9.17, 15) is 19.2 Å². The lowest BCUT2D eigenvalue weighted by Gasteiger charge is -2.43. The van der Waals surface area contributed by atoms with Crippen LogP contribution in [0, 0.1) is 6.92 Å². The van der Waals surface area contributed by atoms with Gasteiger partial charge >= 0.3 is 5.97 Å². The van der Waals surface area contributed by atoms with E-state index < -0.39 is 31.8 Å². The maximum Gasteiger partial charge on any atom is 0.342 e. The van der Waals surface area contributed by atoms with Crippen LogP contribution in [0.25, 0.3) is 0 Å². The molecule has 0 bridgehead atoms. The molecule has 3 rings (SSSR count). The van der Waals surface area contributed by atoms with Gasteiger partial charge in [0.1, 0.15) is 11.3 Å². The number of benzene rings is 2. The molecule has 202 valence electrons. The van der Waals surface area contributed by atoms with E-state index in [1.807, 2.05) is 0 Å². The average Bonchev–Trinajstić information content (AvgIpc) is 2.85. The number of rotatable bonds is 9. The second-order valence-corrected chi connectivity index (χ2v) is 15.9. The van der Waals surface area contributed by atoms with Crippen LogP contribution in [-0.2, 0) is 4.74 Å². The van der Waals surface area contributed by atoms with E-state index in [-0.39, 0.29) is 45.6 Å². The zero-order valence-corrected chi connectivity index (χ0v) is 24.4. The van der Waals surface area contributed by atoms with Gasteiger partial charge < -0.3 is 14.5 Å². The molecular weight excluding hydrogens is 498 g/mol. The van der Waals surface area contributed by atoms with E-state index in [0.29, 0.717) is 16.9 Å². The summed E-state index contributed by atoms with van der Waals surface area (Å²) < 4.78 is 12.3. The normalized spacial score (nSPS) is 13.5. The third-order valence-corrected chi connectivity index (χ3v) is 13.2. The molecule has 38 heavy (non-hydrogen) atoms. The molecule has 1 amide bonds. The van der Waals surface area contributed by atoms with E-state index in [4.69, 9.17) is 9.16 Å². The summed E-state index contributed by atoms with van der Waals surface area (Å²) in [7, 11) is -2.53. The molecule has 2 aromatic rings. The smallest absolute Gasteiger partial charge is 0.342 e. The maximum absolute atomic E-state index is 13.5. The largest absolute Gasteiger partial charge is 0.542 e. The SMILES string of the molecule is CCOC(=O)c1c(O[Si](C(C)C)(C(C)C)C(C)C)c(C)cc2c1C(=O)C=C(NC(=O)c1ccccc1)C2=O. The highest BCUT2D eigenvalue weighted by molar-refractivity contribution is 6.78. The lowest BCUT2D eigenvalue weighted by Crippen LogP contribution is -2.51. The number of carbonyl (C=O) groups excluding carboxylic acids is 4. The highest BCUT2D eigenvalue weighted by Crippen LogP contribution is 2.45. The Hall–Kier alpha value is -3.52. The molecule has 0 aliphatic heterocycles. The summed E-state index contributed by atoms with van der Waals surface area (Å²) in [5.74, 6) is -2.04. The van der Waals surface area contributed by atoms with E-state index in [2.05, 4.69) is 46.9 Å². The monoisotopic (exact) mass is 535 g/mol. The van der Waals surface area contributed by atoms with Gasteiger partial charge in [0, 0.05) is 17.2 Å². The molecular formula is C30H37NO6Si. The fraction of sp³-hybridized carbons (Fsp3) is 0.400. The fourth-order valence-corrected chi connectivity index (χ4v) is 10.9. The predicted molar refractivity (Wildman–Crippen MR) is 149 cm³/mol. The molecule has 0 unspecified atom stereocenters. The fourth-order valence-electron chi connectivity index (χ4n) is 5.59. The van der Waals surface area contributed by atoms with Crippen molar-refractivity contribution in [3.8, 4) is 5.75 Å². The van der Waals surface area contributed by atoms with Crippen LogP contribution in [0.1, 0.15) is 95.5 Å². The van der Waals surface area contributed by atoms with E-state index in [0.717, 1.165) is 6.08 Å². The molecule has 0 atom stereocenters. The first-order chi connectivity index (χ1) is 17.9. The lowest BCUT2D eigenvalue weighted by atomic mass is 9.86. The number of amides is 1. The number of Topliss-reactive ketones (excluding diaryl/α,β-unsaturated/α-hetero) is 1. The van der Waals surface area contributed by atoms with E-state index >= 15 is 0 Å². The van der Waals surface area contributed by atoms with Gasteiger partial charge in [0.2, 0.25) is 5.78 Å². The molecule has 0 saturated carbocycles. The number of nitrogens with one attached hydrogen (secondary N) is 1. The number of esters is 1. The Morgan fingerprint density at radius 3 is 2.05 bits per heavy atom. The highest BCUT2D eigenvalue weighted by Gasteiger charge is 2.48. The summed E-state index contributed by atoms with van der Waals surface area (Å²) in [6.07, 6.45) is 1.07. The number of ketones is 2. The van der Waals surface area contributed by atoms with Gasteiger partial charge in [-0.1, -0.05) is 59.7 Å². The minimum atomic E-state index is -2.53. The Bertz CT molecular complexity index is 1270. The summed E-state index contributed by atoms with van der Waals surface area (Å²) in [6, 6.07) is 9.99. The standard InChI is InChI=1S/C30H37NO6Si/c1-9-36-30(35)26-25-22(15-20(8)28(26)37-38(17(2)3,18(4)5)19(6)7)27(33)23(16-24(25)32)31-29(34)21-13-11-10-12-14-21/h10-19H,9H2,1-8H3,(H,31,34). The molecule has 0 saturated heterocycles. The van der Waals surface area contributed by atoms with Crippen molar-refractivity contribution >= 4 is 31.8 Å². The molecule has 8 heteroatoms. The summed E-state index contributed by atoms with van der Waals surface area (Å²) in [5.41, 5.74) is 1.37. The Kier molecular flexibility index (Phi) is 8.77. The maximum atomic E-state index is 13.5. The number of carbonyl (C=O) groups is 4. The van der Waals surface area contributed by atoms with Crippen LogP contribution in [0.3, 0.4) is 0 Å². The summed E-state index contributed by atoms with van der Waals surface area (Å²) in [4.78, 5) is 53.0. The third-order valence-electron chi connectivity index (χ3n) is 7.23. The van der Waals surface area contributed by atoms with Crippen molar-refractivity contribution in [3.05, 3.63) is 76.0 Å². The molecule has 1 aliphatic rings. The number of ether oxygens (including phenoxy) is 1. The van der Waals surface area contributed by atoms with Gasteiger partial charge in [-0.25, -0.2) is 4.79 Å². The van der Waals surface area contributed by atoms with Crippen molar-refractivity contribution in [1.29, 1.82) is 0 Å². The topological polar surface area (TPSA) is 98.8 Å². The number of hydrogen-bond acceptors (Lipinski definition) is 6. The van der Waals surface area contributed by atoms with Crippen LogP contribution in [-0.4, -0.2) is 38.4 Å². The van der Waals surface area contributed by atoms with Crippen molar-refractivity contribution in [1.82, 2.24) is 5.32 Å². The molecule has 0 radical (unpaired) electrons. The number of fused-ring (bicyclic) bond motifs is 1. The molecule has 0 heterocycles. The van der Waals surface area contributed by atoms with Gasteiger partial charge in [-0.3, -0.25) is 14.4 Å². The van der Waals surface area contributed by atoms with E-state index in [1.165, 1.54) is 0 Å². The Morgan fingerprint density at radius 1 is 0.947 bits per heavy atom. The van der Waals surface area contributed by atoms with Crippen molar-refractivity contribution in [2.75, 3.05) is 6.61 Å². The first-order valence-corrected chi connectivity index (χ1v) is 15.2. The third kappa shape index (κ3) is 5.22. The average molecular weight is 536 g/mol. The van der Waals surface area contributed by atoms with E-state index in [1.54, 1.807) is 50.2 Å². The van der Waals surface area contributed by atoms with Crippen LogP contribution in [0.15, 0.2) is 48.2 Å². The predicted octanol–water partition coefficient (Wildman–Crippen LogP) is 6.42. The molecule has 1 N–H and O–H groups in total. The van der Waals surface area contributed by atoms with Crippen molar-refractivity contribution < 1.29 is 28.3 Å². The zero-order valence-electron chi connectivity index (χ0n) is 23.4. The van der Waals surface area contributed by atoms with Crippen LogP contribution in [0.5, 0.6) is 5.75 Å². The summed E-state index contributed by atoms with van der Waals surface area (Å²) in [6.45, 7) is 16.3. The van der Waals surface area contributed by atoms with Crippen molar-refractivity contribution in [2.24, 2.45) is 0 Å². The second-order valence-electron chi connectivity index (χ2n) is 10.5. The Balaban J connectivity index is 2.19. The molecule has 0 fully saturated rings. The number of allylic oxidation sites excluding steroid dienone is 2. The minimum absolute atomic E-state index is 0.0243.